The van der Waals surface area contributed by atoms with Crippen LogP contribution in [-0.2, 0) is 0 Å². The third-order valence-corrected chi connectivity index (χ3v) is 4.74. The van der Waals surface area contributed by atoms with Gasteiger partial charge in [0.15, 0.2) is 0 Å². The average molecular weight is 341 g/mol. The summed E-state index contributed by atoms with van der Waals surface area (Å²) in [5.74, 6) is 0. The lowest BCUT2D eigenvalue weighted by atomic mass is 10.1. The number of benzene rings is 2. The number of para-hydroxylation sites is 1. The standard InChI is InChI=1S/C21H25ClN2/c1-3-5-13-24(12-4-2)17-10-11-19(22)18(15-17)21-14-16-8-6-7-9-20(16)23-21/h6-11,14-15,23H,3-5,12-13H2,1-2H3. The number of unbranched alkanes of at least 4 members (excludes halogenated alkanes) is 1. The first kappa shape index (κ1) is 16.9. The van der Waals surface area contributed by atoms with Crippen molar-refractivity contribution < 1.29 is 0 Å². The van der Waals surface area contributed by atoms with Crippen molar-refractivity contribution in [1.82, 2.24) is 4.98 Å². The number of fused-ring (bicyclic) bond motifs is 1. The molecule has 0 atom stereocenters. The maximum atomic E-state index is 6.51. The molecule has 0 fully saturated rings. The summed E-state index contributed by atoms with van der Waals surface area (Å²) >= 11 is 6.51. The molecule has 0 aliphatic heterocycles. The van der Waals surface area contributed by atoms with Crippen LogP contribution in [-0.4, -0.2) is 18.1 Å². The first-order valence-corrected chi connectivity index (χ1v) is 9.23. The summed E-state index contributed by atoms with van der Waals surface area (Å²) in [4.78, 5) is 5.96. The van der Waals surface area contributed by atoms with Crippen molar-refractivity contribution in [1.29, 1.82) is 0 Å². The molecule has 126 valence electrons. The van der Waals surface area contributed by atoms with Crippen LogP contribution in [0, 0.1) is 0 Å². The highest BCUT2D eigenvalue weighted by Crippen LogP contribution is 2.33. The van der Waals surface area contributed by atoms with Crippen LogP contribution in [0.2, 0.25) is 5.02 Å². The molecule has 0 aliphatic rings. The Kier molecular flexibility index (Phi) is 5.47. The molecule has 24 heavy (non-hydrogen) atoms. The maximum absolute atomic E-state index is 6.51. The van der Waals surface area contributed by atoms with Gasteiger partial charge in [0.25, 0.3) is 0 Å². The van der Waals surface area contributed by atoms with Crippen LogP contribution in [0.1, 0.15) is 33.1 Å². The third-order valence-electron chi connectivity index (χ3n) is 4.41. The summed E-state index contributed by atoms with van der Waals surface area (Å²) in [6.45, 7) is 6.64. The van der Waals surface area contributed by atoms with Gasteiger partial charge in [-0.25, -0.2) is 0 Å². The Balaban J connectivity index is 1.98. The Bertz CT molecular complexity index is 773. The second kappa shape index (κ2) is 7.76. The van der Waals surface area contributed by atoms with Gasteiger partial charge in [0, 0.05) is 40.9 Å². The van der Waals surface area contributed by atoms with Crippen LogP contribution < -0.4 is 4.90 Å². The zero-order valence-electron chi connectivity index (χ0n) is 14.5. The van der Waals surface area contributed by atoms with Crippen molar-refractivity contribution in [2.75, 3.05) is 18.0 Å². The van der Waals surface area contributed by atoms with Gasteiger partial charge in [0.2, 0.25) is 0 Å². The van der Waals surface area contributed by atoms with Gasteiger partial charge in [-0.05, 0) is 43.2 Å². The van der Waals surface area contributed by atoms with E-state index in [9.17, 15) is 0 Å². The Hall–Kier alpha value is -1.93. The summed E-state index contributed by atoms with van der Waals surface area (Å²) in [5.41, 5.74) is 4.55. The monoisotopic (exact) mass is 340 g/mol. The van der Waals surface area contributed by atoms with Crippen LogP contribution in [0.5, 0.6) is 0 Å². The molecule has 1 heterocycles. The van der Waals surface area contributed by atoms with Crippen LogP contribution in [0.4, 0.5) is 5.69 Å². The van der Waals surface area contributed by atoms with Crippen LogP contribution in [0.3, 0.4) is 0 Å². The van der Waals surface area contributed by atoms with Gasteiger partial charge in [-0.3, -0.25) is 0 Å². The number of hydrogen-bond donors (Lipinski definition) is 1. The molecule has 2 nitrogen and oxygen atoms in total. The minimum absolute atomic E-state index is 0.789. The highest BCUT2D eigenvalue weighted by atomic mass is 35.5. The normalized spacial score (nSPS) is 11.1. The number of H-pyrrole nitrogens is 1. The van der Waals surface area contributed by atoms with Gasteiger partial charge < -0.3 is 9.88 Å². The predicted molar refractivity (Wildman–Crippen MR) is 106 cm³/mol. The van der Waals surface area contributed by atoms with Crippen molar-refractivity contribution in [3.05, 3.63) is 53.6 Å². The van der Waals surface area contributed by atoms with Crippen LogP contribution in [0.15, 0.2) is 48.5 Å². The number of aromatic nitrogens is 1. The smallest absolute Gasteiger partial charge is 0.0500 e. The van der Waals surface area contributed by atoms with Gasteiger partial charge in [0.1, 0.15) is 0 Å². The molecule has 2 aromatic carbocycles. The first-order chi connectivity index (χ1) is 11.7. The Morgan fingerprint density at radius 1 is 0.958 bits per heavy atom. The number of nitrogens with one attached hydrogen (secondary N) is 1. The van der Waals surface area contributed by atoms with Gasteiger partial charge in [-0.1, -0.05) is 50.1 Å². The fourth-order valence-electron chi connectivity index (χ4n) is 3.12. The number of rotatable bonds is 7. The van der Waals surface area contributed by atoms with E-state index in [1.807, 2.05) is 12.1 Å². The summed E-state index contributed by atoms with van der Waals surface area (Å²) in [6.07, 6.45) is 3.57. The molecular formula is C21H25ClN2. The van der Waals surface area contributed by atoms with E-state index in [0.29, 0.717) is 0 Å². The number of aromatic amines is 1. The van der Waals surface area contributed by atoms with E-state index >= 15 is 0 Å². The molecule has 0 saturated heterocycles. The maximum Gasteiger partial charge on any atom is 0.0500 e. The molecule has 0 aliphatic carbocycles. The fourth-order valence-corrected chi connectivity index (χ4v) is 3.34. The number of anilines is 1. The second-order valence-corrected chi connectivity index (χ2v) is 6.68. The fraction of sp³-hybridized carbons (Fsp3) is 0.333. The van der Waals surface area contributed by atoms with E-state index in [4.69, 9.17) is 11.6 Å². The van der Waals surface area contributed by atoms with E-state index in [1.54, 1.807) is 0 Å². The zero-order valence-corrected chi connectivity index (χ0v) is 15.2. The largest absolute Gasteiger partial charge is 0.372 e. The van der Waals surface area contributed by atoms with Crippen LogP contribution in [0.25, 0.3) is 22.2 Å². The van der Waals surface area contributed by atoms with Gasteiger partial charge >= 0.3 is 0 Å². The number of halogens is 1. The van der Waals surface area contributed by atoms with Crippen molar-refractivity contribution >= 4 is 28.2 Å². The summed E-state index contributed by atoms with van der Waals surface area (Å²) in [6, 6.07) is 16.9. The van der Waals surface area contributed by atoms with E-state index < -0.39 is 0 Å². The minimum Gasteiger partial charge on any atom is -0.372 e. The minimum atomic E-state index is 0.789. The van der Waals surface area contributed by atoms with Gasteiger partial charge in [-0.2, -0.15) is 0 Å². The predicted octanol–water partition coefficient (Wildman–Crippen LogP) is 6.50. The first-order valence-electron chi connectivity index (χ1n) is 8.85. The molecule has 1 aromatic heterocycles. The van der Waals surface area contributed by atoms with E-state index in [2.05, 4.69) is 60.1 Å². The summed E-state index contributed by atoms with van der Waals surface area (Å²) in [5, 5.41) is 2.00. The zero-order chi connectivity index (χ0) is 16.9. The topological polar surface area (TPSA) is 19.0 Å². The van der Waals surface area contributed by atoms with Crippen molar-refractivity contribution in [3.8, 4) is 11.3 Å². The third kappa shape index (κ3) is 3.59. The highest BCUT2D eigenvalue weighted by molar-refractivity contribution is 6.33. The molecule has 0 amide bonds. The Morgan fingerprint density at radius 2 is 1.79 bits per heavy atom. The lowest BCUT2D eigenvalue weighted by molar-refractivity contribution is 0.704. The highest BCUT2D eigenvalue weighted by Gasteiger charge is 2.11. The number of hydrogen-bond acceptors (Lipinski definition) is 1. The second-order valence-electron chi connectivity index (χ2n) is 6.28. The molecule has 3 rings (SSSR count). The Labute approximate surface area is 149 Å². The molecule has 0 saturated carbocycles. The van der Waals surface area contributed by atoms with E-state index in [1.165, 1.54) is 23.9 Å². The molecular weight excluding hydrogens is 316 g/mol. The summed E-state index contributed by atoms with van der Waals surface area (Å²) < 4.78 is 0. The SMILES string of the molecule is CCCCN(CCC)c1ccc(Cl)c(-c2cc3ccccc3[nH]2)c1. The molecule has 3 heteroatoms. The van der Waals surface area contributed by atoms with E-state index in [0.717, 1.165) is 41.3 Å². The summed E-state index contributed by atoms with van der Waals surface area (Å²) in [7, 11) is 0. The Morgan fingerprint density at radius 3 is 2.54 bits per heavy atom. The van der Waals surface area contributed by atoms with Crippen molar-refractivity contribution in [2.24, 2.45) is 0 Å². The van der Waals surface area contributed by atoms with Crippen LogP contribution >= 0.6 is 11.6 Å². The molecule has 0 spiro atoms. The van der Waals surface area contributed by atoms with Crippen molar-refractivity contribution in [3.63, 3.8) is 0 Å². The van der Waals surface area contributed by atoms with Gasteiger partial charge in [0.05, 0.1) is 5.02 Å². The lowest BCUT2D eigenvalue weighted by Gasteiger charge is -2.25. The lowest BCUT2D eigenvalue weighted by Crippen LogP contribution is -2.25. The molecule has 0 unspecified atom stereocenters. The molecule has 3 aromatic rings. The average Bonchev–Trinajstić information content (AvgIpc) is 3.03. The molecule has 1 N–H and O–H groups in total. The van der Waals surface area contributed by atoms with Gasteiger partial charge in [-0.15, -0.1) is 0 Å². The molecule has 0 radical (unpaired) electrons. The number of nitrogens with zero attached hydrogens (tertiary/aromatic N) is 1. The molecule has 0 bridgehead atoms. The quantitative estimate of drug-likeness (QED) is 0.519. The van der Waals surface area contributed by atoms with Crippen molar-refractivity contribution in [2.45, 2.75) is 33.1 Å². The van der Waals surface area contributed by atoms with E-state index in [-0.39, 0.29) is 0 Å².